The minimum absolute atomic E-state index is 0.0165. The molecule has 5 heteroatoms. The molecule has 0 spiro atoms. The number of phenols is 2. The van der Waals surface area contributed by atoms with E-state index in [4.69, 9.17) is 0 Å². The van der Waals surface area contributed by atoms with Crippen molar-refractivity contribution >= 4 is 12.4 Å². The Morgan fingerprint density at radius 2 is 0.927 bits per heavy atom. The second kappa shape index (κ2) is 10.9. The summed E-state index contributed by atoms with van der Waals surface area (Å²) in [7, 11) is 0. The fourth-order valence-electron chi connectivity index (χ4n) is 5.90. The zero-order chi connectivity index (χ0) is 30.7. The van der Waals surface area contributed by atoms with Crippen LogP contribution in [0.1, 0.15) is 142 Å². The van der Waals surface area contributed by atoms with Crippen LogP contribution < -0.4 is 0 Å². The second-order valence-corrected chi connectivity index (χ2v) is 17.8. The Kier molecular flexibility index (Phi) is 8.44. The van der Waals surface area contributed by atoms with Crippen molar-refractivity contribution in [3.63, 3.8) is 0 Å². The molecule has 2 unspecified atom stereocenters. The predicted octanol–water partition coefficient (Wildman–Crippen LogP) is 8.09. The van der Waals surface area contributed by atoms with E-state index in [1.54, 1.807) is 0 Å². The van der Waals surface area contributed by atoms with E-state index in [9.17, 15) is 10.2 Å². The summed E-state index contributed by atoms with van der Waals surface area (Å²) >= 11 is 0.376. The third kappa shape index (κ3) is 6.78. The Morgan fingerprint density at radius 3 is 1.22 bits per heavy atom. The van der Waals surface area contributed by atoms with Crippen LogP contribution in [0.2, 0.25) is 0 Å². The van der Waals surface area contributed by atoms with Crippen molar-refractivity contribution in [2.45, 2.75) is 143 Å². The van der Waals surface area contributed by atoms with Crippen molar-refractivity contribution in [2.75, 3.05) is 0 Å². The number of nitrogens with zero attached hydrogens (tertiary/aromatic N) is 2. The standard InChI is InChI=1S/C36H54N2O2.Mn/c1-33(2,3)25-17-23(31(39)27(19-25)35(7,8)9)21-37-29-15-13-14-16-30(29)38-22-24-18-26(34(4,5)6)20-28(32(24)40)36(10,11)12;/h17-22,29-30,39-40H,13-16H2,1-12H3;/q;+2. The molecule has 2 aliphatic rings. The van der Waals surface area contributed by atoms with Crippen molar-refractivity contribution in [1.82, 2.24) is 0 Å². The van der Waals surface area contributed by atoms with E-state index in [-0.39, 0.29) is 21.7 Å². The Bertz CT molecular complexity index is 1270. The van der Waals surface area contributed by atoms with Crippen LogP contribution in [0.15, 0.2) is 24.3 Å². The topological polar surface area (TPSA) is 46.5 Å². The molecule has 4 rings (SSSR count). The SMILES string of the molecule is CC(C)(C)c1cc(C=[N+]2[Mn][N+](=Cc3cc(C(C)(C)C)cc(C(C)(C)C)c3O)C3CCCCC32)c(O)c(C(C)(C)C)c1. The normalized spacial score (nSPS) is 22.4. The number of hydrogen-bond donors (Lipinski definition) is 2. The van der Waals surface area contributed by atoms with Gasteiger partial charge in [-0.25, -0.2) is 0 Å². The van der Waals surface area contributed by atoms with Gasteiger partial charge in [0.2, 0.25) is 0 Å². The molecular formula is C36H54MnN2O2+2. The van der Waals surface area contributed by atoms with Crippen LogP contribution in [0.25, 0.3) is 0 Å². The molecule has 41 heavy (non-hydrogen) atoms. The molecule has 0 bridgehead atoms. The first-order valence-corrected chi connectivity index (χ1v) is 16.4. The summed E-state index contributed by atoms with van der Waals surface area (Å²) in [6, 6.07) is 9.56. The number of rotatable bonds is 2. The van der Waals surface area contributed by atoms with Gasteiger partial charge in [-0.15, -0.1) is 0 Å². The molecule has 225 valence electrons. The van der Waals surface area contributed by atoms with E-state index in [1.807, 2.05) is 0 Å². The van der Waals surface area contributed by atoms with Gasteiger partial charge in [-0.05, 0) is 0 Å². The molecule has 1 heterocycles. The van der Waals surface area contributed by atoms with Gasteiger partial charge in [0.25, 0.3) is 0 Å². The van der Waals surface area contributed by atoms with Gasteiger partial charge in [0.1, 0.15) is 0 Å². The van der Waals surface area contributed by atoms with Gasteiger partial charge < -0.3 is 0 Å². The first-order chi connectivity index (χ1) is 18.7. The van der Waals surface area contributed by atoms with Crippen molar-refractivity contribution in [1.29, 1.82) is 0 Å². The first-order valence-electron chi connectivity index (χ1n) is 15.4. The maximum absolute atomic E-state index is 11.5. The molecule has 2 atom stereocenters. The number of hydrogen-bond acceptors (Lipinski definition) is 2. The molecule has 2 fully saturated rings. The van der Waals surface area contributed by atoms with E-state index in [2.05, 4.69) is 127 Å². The Hall–Kier alpha value is -2.10. The van der Waals surface area contributed by atoms with Gasteiger partial charge in [-0.3, -0.25) is 0 Å². The van der Waals surface area contributed by atoms with Crippen molar-refractivity contribution in [3.05, 3.63) is 57.6 Å². The first kappa shape index (κ1) is 31.8. The zero-order valence-corrected chi connectivity index (χ0v) is 28.8. The fraction of sp³-hybridized carbons (Fsp3) is 0.611. The molecule has 2 aromatic carbocycles. The summed E-state index contributed by atoms with van der Waals surface area (Å²) in [6.07, 6.45) is 9.19. The molecule has 1 saturated carbocycles. The summed E-state index contributed by atoms with van der Waals surface area (Å²) < 4.78 is 4.96. The molecule has 0 radical (unpaired) electrons. The molecule has 2 N–H and O–H groups in total. The summed E-state index contributed by atoms with van der Waals surface area (Å²) in [5, 5.41) is 23.0. The zero-order valence-electron chi connectivity index (χ0n) is 27.6. The van der Waals surface area contributed by atoms with E-state index in [0.29, 0.717) is 39.0 Å². The maximum atomic E-state index is 11.5. The molecule has 1 aliphatic carbocycles. The van der Waals surface area contributed by atoms with Crippen LogP contribution >= 0.6 is 0 Å². The summed E-state index contributed by atoms with van der Waals surface area (Å²) in [4.78, 5) is 0. The number of phenolic OH excluding ortho intramolecular Hbond substituents is 2. The fourth-order valence-corrected chi connectivity index (χ4v) is 7.74. The van der Waals surface area contributed by atoms with E-state index in [1.165, 1.54) is 24.0 Å². The van der Waals surface area contributed by atoms with Crippen LogP contribution in [-0.2, 0) is 37.1 Å². The third-order valence-corrected chi connectivity index (χ3v) is 10.3. The molecule has 0 amide bonds. The van der Waals surface area contributed by atoms with Crippen LogP contribution in [0.5, 0.6) is 11.5 Å². The molecule has 1 saturated heterocycles. The van der Waals surface area contributed by atoms with E-state index >= 15 is 0 Å². The average Bonchev–Trinajstić information content (AvgIpc) is 3.15. The molecule has 1 aliphatic heterocycles. The average molecular weight is 602 g/mol. The summed E-state index contributed by atoms with van der Waals surface area (Å²) in [6.45, 7) is 26.5. The van der Waals surface area contributed by atoms with Crippen molar-refractivity contribution < 1.29 is 32.8 Å². The van der Waals surface area contributed by atoms with Crippen molar-refractivity contribution in [2.24, 2.45) is 0 Å². The van der Waals surface area contributed by atoms with Crippen LogP contribution in [0.4, 0.5) is 0 Å². The number of benzene rings is 2. The van der Waals surface area contributed by atoms with E-state index < -0.39 is 0 Å². The van der Waals surface area contributed by atoms with Crippen LogP contribution in [0.3, 0.4) is 0 Å². The van der Waals surface area contributed by atoms with Crippen molar-refractivity contribution in [3.8, 4) is 11.5 Å². The van der Waals surface area contributed by atoms with Gasteiger partial charge in [0.05, 0.1) is 0 Å². The van der Waals surface area contributed by atoms with Gasteiger partial charge >= 0.3 is 257 Å². The van der Waals surface area contributed by atoms with Crippen LogP contribution in [0, 0.1) is 0 Å². The van der Waals surface area contributed by atoms with E-state index in [0.717, 1.165) is 35.1 Å². The molecular weight excluding hydrogens is 547 g/mol. The predicted molar refractivity (Wildman–Crippen MR) is 168 cm³/mol. The van der Waals surface area contributed by atoms with Gasteiger partial charge in [-0.2, -0.15) is 0 Å². The number of fused-ring (bicyclic) bond motifs is 1. The number of aromatic hydroxyl groups is 2. The Morgan fingerprint density at radius 1 is 0.585 bits per heavy atom. The monoisotopic (exact) mass is 601 g/mol. The molecule has 2 aromatic rings. The Balaban J connectivity index is 1.87. The summed E-state index contributed by atoms with van der Waals surface area (Å²) in [5.74, 6) is 0.798. The Labute approximate surface area is 256 Å². The summed E-state index contributed by atoms with van der Waals surface area (Å²) in [5.41, 5.74) is 5.97. The molecule has 4 nitrogen and oxygen atoms in total. The van der Waals surface area contributed by atoms with Gasteiger partial charge in [0.15, 0.2) is 0 Å². The van der Waals surface area contributed by atoms with Gasteiger partial charge in [0, 0.05) is 0 Å². The van der Waals surface area contributed by atoms with Gasteiger partial charge in [-0.1, -0.05) is 0 Å². The van der Waals surface area contributed by atoms with Crippen LogP contribution in [-0.4, -0.2) is 41.9 Å². The second-order valence-electron chi connectivity index (χ2n) is 16.4. The third-order valence-electron chi connectivity index (χ3n) is 8.65. The molecule has 0 aromatic heterocycles. The minimum atomic E-state index is -0.158. The quantitative estimate of drug-likeness (QED) is 0.342.